The van der Waals surface area contributed by atoms with Gasteiger partial charge in [0.2, 0.25) is 5.95 Å². The van der Waals surface area contributed by atoms with Crippen LogP contribution in [0.3, 0.4) is 0 Å². The van der Waals surface area contributed by atoms with Crippen LogP contribution in [0.25, 0.3) is 17.2 Å². The minimum Gasteiger partial charge on any atom is -0.368 e. The summed E-state index contributed by atoms with van der Waals surface area (Å²) < 4.78 is 0. The molecule has 0 aromatic carbocycles. The number of nitrogens with zero attached hydrogens (tertiary/aromatic N) is 4. The van der Waals surface area contributed by atoms with Crippen molar-refractivity contribution in [3.05, 3.63) is 48.2 Å². The molecule has 8 heteroatoms. The second-order valence-corrected chi connectivity index (χ2v) is 5.35. The number of nitrogens with two attached hydrogens (primary N) is 1. The molecule has 24 heavy (non-hydrogen) atoms. The molecule has 0 aliphatic carbocycles. The number of amides is 1. The van der Waals surface area contributed by atoms with Crippen LogP contribution in [0.1, 0.15) is 29.5 Å². The maximum Gasteiger partial charge on any atom is 0.287 e. The fraction of sp³-hybridized carbons (Fsp3) is 0.188. The van der Waals surface area contributed by atoms with E-state index in [4.69, 9.17) is 5.73 Å². The quantitative estimate of drug-likeness (QED) is 0.654. The lowest BCUT2D eigenvalue weighted by molar-refractivity contribution is 0.0931. The maximum atomic E-state index is 12.2. The second-order valence-electron chi connectivity index (χ2n) is 5.35. The lowest BCUT2D eigenvalue weighted by atomic mass is 10.2. The van der Waals surface area contributed by atoms with Crippen molar-refractivity contribution >= 4 is 29.1 Å². The zero-order valence-electron chi connectivity index (χ0n) is 13.1. The van der Waals surface area contributed by atoms with E-state index in [1.54, 1.807) is 24.7 Å². The van der Waals surface area contributed by atoms with Gasteiger partial charge in [0.25, 0.3) is 5.91 Å². The Morgan fingerprint density at radius 3 is 2.92 bits per heavy atom. The van der Waals surface area contributed by atoms with Crippen LogP contribution in [-0.4, -0.2) is 36.9 Å². The Kier molecular flexibility index (Phi) is 4.46. The van der Waals surface area contributed by atoms with Crippen molar-refractivity contribution < 1.29 is 4.79 Å². The predicted molar refractivity (Wildman–Crippen MR) is 90.9 cm³/mol. The fourth-order valence-corrected chi connectivity index (χ4v) is 2.15. The topological polar surface area (TPSA) is 122 Å². The number of H-pyrrole nitrogens is 1. The molecule has 3 aromatic rings. The molecule has 3 rings (SSSR count). The number of fused-ring (bicyclic) bond motifs is 1. The first-order valence-electron chi connectivity index (χ1n) is 7.47. The molecule has 0 fully saturated rings. The van der Waals surface area contributed by atoms with Crippen molar-refractivity contribution in [2.75, 3.05) is 5.73 Å². The zero-order chi connectivity index (χ0) is 16.9. The summed E-state index contributed by atoms with van der Waals surface area (Å²) in [4.78, 5) is 31.3. The van der Waals surface area contributed by atoms with Crippen LogP contribution in [0.5, 0.6) is 0 Å². The minimum atomic E-state index is -0.260. The highest BCUT2D eigenvalue weighted by Crippen LogP contribution is 2.08. The number of carbonyl (C=O) groups excluding carboxylic acids is 1. The number of aromatic amines is 1. The third kappa shape index (κ3) is 3.72. The van der Waals surface area contributed by atoms with E-state index in [9.17, 15) is 4.79 Å². The third-order valence-corrected chi connectivity index (χ3v) is 3.34. The normalized spacial score (nSPS) is 12.5. The summed E-state index contributed by atoms with van der Waals surface area (Å²) in [5, 5.41) is 2.89. The Morgan fingerprint density at radius 2 is 2.17 bits per heavy atom. The molecule has 0 radical (unpaired) electrons. The molecule has 3 aromatic heterocycles. The maximum absolute atomic E-state index is 12.2. The van der Waals surface area contributed by atoms with Crippen LogP contribution >= 0.6 is 0 Å². The molecule has 0 saturated carbocycles. The average molecular weight is 323 g/mol. The molecular formula is C16H17N7O. The number of hydrogen-bond acceptors (Lipinski definition) is 6. The van der Waals surface area contributed by atoms with Crippen LogP contribution in [-0.2, 0) is 0 Å². The van der Waals surface area contributed by atoms with Crippen molar-refractivity contribution in [2.24, 2.45) is 0 Å². The summed E-state index contributed by atoms with van der Waals surface area (Å²) >= 11 is 0. The van der Waals surface area contributed by atoms with Crippen molar-refractivity contribution in [2.45, 2.75) is 19.4 Å². The van der Waals surface area contributed by atoms with Gasteiger partial charge in [0.1, 0.15) is 0 Å². The predicted octanol–water partition coefficient (Wildman–Crippen LogP) is 1.55. The lowest BCUT2D eigenvalue weighted by Crippen LogP contribution is -2.32. The van der Waals surface area contributed by atoms with E-state index in [-0.39, 0.29) is 23.7 Å². The molecule has 1 atom stereocenters. The van der Waals surface area contributed by atoms with E-state index < -0.39 is 0 Å². The third-order valence-electron chi connectivity index (χ3n) is 3.34. The Labute approximate surface area is 138 Å². The molecule has 0 bridgehead atoms. The van der Waals surface area contributed by atoms with Gasteiger partial charge in [-0.3, -0.25) is 4.79 Å². The van der Waals surface area contributed by atoms with Crippen LogP contribution in [0, 0.1) is 0 Å². The van der Waals surface area contributed by atoms with Gasteiger partial charge in [-0.25, -0.2) is 19.9 Å². The summed E-state index contributed by atoms with van der Waals surface area (Å²) in [7, 11) is 0. The van der Waals surface area contributed by atoms with E-state index in [0.717, 1.165) is 11.1 Å². The monoisotopic (exact) mass is 323 g/mol. The molecular weight excluding hydrogens is 306 g/mol. The smallest absolute Gasteiger partial charge is 0.287 e. The van der Waals surface area contributed by atoms with Gasteiger partial charge in [0, 0.05) is 30.2 Å². The highest BCUT2D eigenvalue weighted by molar-refractivity contribution is 5.93. The van der Waals surface area contributed by atoms with Gasteiger partial charge < -0.3 is 16.0 Å². The summed E-state index contributed by atoms with van der Waals surface area (Å²) in [5.41, 5.74) is 7.55. The van der Waals surface area contributed by atoms with Crippen molar-refractivity contribution in [3.63, 3.8) is 0 Å². The number of rotatable bonds is 5. The number of hydrogen-bond donors (Lipinski definition) is 3. The van der Waals surface area contributed by atoms with Gasteiger partial charge >= 0.3 is 0 Å². The first-order chi connectivity index (χ1) is 11.6. The van der Waals surface area contributed by atoms with Crippen LogP contribution in [0.2, 0.25) is 0 Å². The van der Waals surface area contributed by atoms with Crippen molar-refractivity contribution in [1.29, 1.82) is 0 Å². The van der Waals surface area contributed by atoms with Crippen molar-refractivity contribution in [3.8, 4) is 0 Å². The highest BCUT2D eigenvalue weighted by Gasteiger charge is 2.13. The van der Waals surface area contributed by atoms with Crippen LogP contribution in [0.15, 0.2) is 36.8 Å². The van der Waals surface area contributed by atoms with Gasteiger partial charge in [-0.1, -0.05) is 12.2 Å². The average Bonchev–Trinajstić information content (AvgIpc) is 3.01. The standard InChI is InChI=1S/C16H17N7O/c1-10(4-2-5-11-8-19-16(17)20-9-11)21-15(24)14-22-12-6-3-7-18-13(12)23-14/h2-3,5-10H,4H2,1H3,(H,21,24)(H2,17,19,20)(H,18,22,23)/b5-2+/t10-/m0/s1. The van der Waals surface area contributed by atoms with Gasteiger partial charge in [-0.2, -0.15) is 0 Å². The zero-order valence-corrected chi connectivity index (χ0v) is 13.1. The van der Waals surface area contributed by atoms with E-state index in [1.165, 1.54) is 0 Å². The minimum absolute atomic E-state index is 0.0513. The second kappa shape index (κ2) is 6.86. The fourth-order valence-electron chi connectivity index (χ4n) is 2.15. The van der Waals surface area contributed by atoms with Gasteiger partial charge in [-0.15, -0.1) is 0 Å². The van der Waals surface area contributed by atoms with Gasteiger partial charge in [0.05, 0.1) is 5.52 Å². The summed E-state index contributed by atoms with van der Waals surface area (Å²) in [6, 6.07) is 3.56. The molecule has 0 spiro atoms. The highest BCUT2D eigenvalue weighted by atomic mass is 16.2. The largest absolute Gasteiger partial charge is 0.368 e. The molecule has 0 aliphatic rings. The number of carbonyl (C=O) groups is 1. The molecule has 4 N–H and O–H groups in total. The number of pyridine rings is 1. The van der Waals surface area contributed by atoms with Crippen molar-refractivity contribution in [1.82, 2.24) is 30.2 Å². The Hall–Kier alpha value is -3.29. The summed E-state index contributed by atoms with van der Waals surface area (Å²) in [6.45, 7) is 1.92. The summed E-state index contributed by atoms with van der Waals surface area (Å²) in [5.74, 6) is 0.240. The Balaban J connectivity index is 1.56. The first kappa shape index (κ1) is 15.6. The van der Waals surface area contributed by atoms with Gasteiger partial charge in [-0.05, 0) is 25.5 Å². The number of aromatic nitrogens is 5. The molecule has 1 amide bonds. The molecule has 0 saturated heterocycles. The molecule has 3 heterocycles. The summed E-state index contributed by atoms with van der Waals surface area (Å²) in [6.07, 6.45) is 9.41. The van der Waals surface area contributed by atoms with Gasteiger partial charge in [0.15, 0.2) is 11.5 Å². The van der Waals surface area contributed by atoms with Crippen LogP contribution < -0.4 is 11.1 Å². The number of anilines is 1. The van der Waals surface area contributed by atoms with E-state index >= 15 is 0 Å². The number of nitrogen functional groups attached to an aromatic ring is 1. The first-order valence-corrected chi connectivity index (χ1v) is 7.47. The molecule has 122 valence electrons. The van der Waals surface area contributed by atoms with E-state index in [2.05, 4.69) is 30.2 Å². The SMILES string of the molecule is C[C@@H](C/C=C/c1cnc(N)nc1)NC(=O)c1nc2ncccc2[nH]1. The lowest BCUT2D eigenvalue weighted by Gasteiger charge is -2.10. The molecule has 0 unspecified atom stereocenters. The Morgan fingerprint density at radius 1 is 1.38 bits per heavy atom. The van der Waals surface area contributed by atoms with E-state index in [1.807, 2.05) is 25.1 Å². The number of imidazole rings is 1. The molecule has 8 nitrogen and oxygen atoms in total. The number of nitrogens with one attached hydrogen (secondary N) is 2. The van der Waals surface area contributed by atoms with Crippen LogP contribution in [0.4, 0.5) is 5.95 Å². The Bertz CT molecular complexity index is 837. The molecule has 0 aliphatic heterocycles. The van der Waals surface area contributed by atoms with E-state index in [0.29, 0.717) is 12.1 Å².